The molecule has 0 aliphatic heterocycles. The van der Waals surface area contributed by atoms with E-state index in [0.717, 1.165) is 0 Å². The van der Waals surface area contributed by atoms with Crippen molar-refractivity contribution in [1.29, 1.82) is 0 Å². The Labute approximate surface area is 191 Å². The van der Waals surface area contributed by atoms with Gasteiger partial charge < -0.3 is 9.13 Å². The molecule has 2 heteroatoms. The van der Waals surface area contributed by atoms with Gasteiger partial charge in [-0.15, -0.1) is 0 Å². The molecule has 33 heavy (non-hydrogen) atoms. The van der Waals surface area contributed by atoms with Crippen molar-refractivity contribution >= 4 is 43.6 Å². The summed E-state index contributed by atoms with van der Waals surface area (Å²) in [4.78, 5) is 0. The van der Waals surface area contributed by atoms with Gasteiger partial charge in [-0.05, 0) is 43.3 Å². The Bertz CT molecular complexity index is 1760. The van der Waals surface area contributed by atoms with Crippen LogP contribution in [0.3, 0.4) is 0 Å². The van der Waals surface area contributed by atoms with E-state index in [-0.39, 0.29) is 0 Å². The summed E-state index contributed by atoms with van der Waals surface area (Å²) < 4.78 is 4.85. The molecule has 0 fully saturated rings. The first-order valence-corrected chi connectivity index (χ1v) is 11.4. The van der Waals surface area contributed by atoms with Crippen LogP contribution in [0.15, 0.2) is 115 Å². The minimum Gasteiger partial charge on any atom is -0.307 e. The lowest BCUT2D eigenvalue weighted by atomic mass is 10.1. The molecular weight excluding hydrogens is 400 g/mol. The van der Waals surface area contributed by atoms with Crippen LogP contribution in [0.2, 0.25) is 0 Å². The maximum Gasteiger partial charge on any atom is 0.0782 e. The van der Waals surface area contributed by atoms with Crippen molar-refractivity contribution in [3.05, 3.63) is 121 Å². The highest BCUT2D eigenvalue weighted by Gasteiger charge is 2.19. The van der Waals surface area contributed by atoms with Crippen molar-refractivity contribution in [2.75, 3.05) is 0 Å². The number of rotatable bonds is 2. The molecule has 2 aromatic heterocycles. The van der Waals surface area contributed by atoms with E-state index in [9.17, 15) is 0 Å². The highest BCUT2D eigenvalue weighted by molar-refractivity contribution is 6.14. The fourth-order valence-corrected chi connectivity index (χ4v) is 5.33. The normalized spacial score (nSPS) is 11.8. The number of nitrogens with zero attached hydrogens (tertiary/aromatic N) is 2. The molecule has 0 atom stereocenters. The molecule has 0 saturated heterocycles. The van der Waals surface area contributed by atoms with Gasteiger partial charge in [-0.3, -0.25) is 0 Å². The number of hydrogen-bond acceptors (Lipinski definition) is 0. The molecule has 156 valence electrons. The van der Waals surface area contributed by atoms with Crippen LogP contribution in [-0.4, -0.2) is 9.13 Å². The lowest BCUT2D eigenvalue weighted by Gasteiger charge is -2.14. The number of benzene rings is 5. The zero-order valence-corrected chi connectivity index (χ0v) is 18.4. The monoisotopic (exact) mass is 422 g/mol. The van der Waals surface area contributed by atoms with E-state index >= 15 is 0 Å². The van der Waals surface area contributed by atoms with Crippen LogP contribution in [0.25, 0.3) is 55.0 Å². The average molecular weight is 423 g/mol. The standard InChI is InChI=1S/C31H22N2/c1-21-17-19-22(20-18-21)32-27-13-5-4-11-25(27)26-12-8-16-30(31(26)32)33-28-14-6-2-9-23(28)24-10-3-7-15-29(24)33/h2-20H,1H3. The molecule has 0 N–H and O–H groups in total. The average Bonchev–Trinajstić information content (AvgIpc) is 3.38. The molecule has 7 rings (SSSR count). The Morgan fingerprint density at radius 2 is 0.909 bits per heavy atom. The van der Waals surface area contributed by atoms with E-state index in [1.165, 1.54) is 60.5 Å². The first-order chi connectivity index (χ1) is 16.3. The summed E-state index contributed by atoms with van der Waals surface area (Å²) in [5.74, 6) is 0. The summed E-state index contributed by atoms with van der Waals surface area (Å²) in [5.41, 5.74) is 8.56. The smallest absolute Gasteiger partial charge is 0.0782 e. The van der Waals surface area contributed by atoms with E-state index < -0.39 is 0 Å². The van der Waals surface area contributed by atoms with E-state index in [2.05, 4.69) is 131 Å². The largest absolute Gasteiger partial charge is 0.307 e. The molecule has 0 aliphatic rings. The molecule has 2 heterocycles. The summed E-state index contributed by atoms with van der Waals surface area (Å²) in [6.07, 6.45) is 0. The Morgan fingerprint density at radius 3 is 1.52 bits per heavy atom. The molecule has 0 amide bonds. The number of aromatic nitrogens is 2. The molecule has 0 aliphatic carbocycles. The van der Waals surface area contributed by atoms with Crippen LogP contribution in [0.4, 0.5) is 0 Å². The molecular formula is C31H22N2. The molecule has 0 bridgehead atoms. The second-order valence-corrected chi connectivity index (χ2v) is 8.73. The van der Waals surface area contributed by atoms with Gasteiger partial charge in [0, 0.05) is 27.2 Å². The number of fused-ring (bicyclic) bond motifs is 6. The van der Waals surface area contributed by atoms with Crippen LogP contribution in [-0.2, 0) is 0 Å². The van der Waals surface area contributed by atoms with Gasteiger partial charge in [-0.1, -0.05) is 84.4 Å². The predicted molar refractivity (Wildman–Crippen MR) is 140 cm³/mol. The molecule has 5 aromatic carbocycles. The van der Waals surface area contributed by atoms with Gasteiger partial charge in [-0.2, -0.15) is 0 Å². The lowest BCUT2D eigenvalue weighted by Crippen LogP contribution is -2.00. The van der Waals surface area contributed by atoms with Gasteiger partial charge in [0.15, 0.2) is 0 Å². The predicted octanol–water partition coefficient (Wildman–Crippen LogP) is 8.19. The fraction of sp³-hybridized carbons (Fsp3) is 0.0323. The van der Waals surface area contributed by atoms with E-state index in [0.29, 0.717) is 0 Å². The highest BCUT2D eigenvalue weighted by Crippen LogP contribution is 2.39. The third kappa shape index (κ3) is 2.55. The van der Waals surface area contributed by atoms with Crippen LogP contribution in [0.1, 0.15) is 5.56 Å². The third-order valence-corrected chi connectivity index (χ3v) is 6.79. The minimum absolute atomic E-state index is 1.18. The van der Waals surface area contributed by atoms with Crippen molar-refractivity contribution < 1.29 is 0 Å². The zero-order chi connectivity index (χ0) is 21.9. The second kappa shape index (κ2) is 6.85. The topological polar surface area (TPSA) is 9.86 Å². The maximum absolute atomic E-state index is 2.43. The summed E-state index contributed by atoms with van der Waals surface area (Å²) in [6, 6.07) is 41.7. The molecule has 0 unspecified atom stereocenters. The van der Waals surface area contributed by atoms with E-state index in [4.69, 9.17) is 0 Å². The first-order valence-electron chi connectivity index (χ1n) is 11.4. The Kier molecular flexibility index (Phi) is 3.80. The van der Waals surface area contributed by atoms with Crippen molar-refractivity contribution in [2.24, 2.45) is 0 Å². The van der Waals surface area contributed by atoms with Gasteiger partial charge in [0.2, 0.25) is 0 Å². The van der Waals surface area contributed by atoms with Gasteiger partial charge >= 0.3 is 0 Å². The Balaban J connectivity index is 1.71. The SMILES string of the molecule is Cc1ccc(-n2c3ccccc3c3cccc(-n4c5ccccc5c5ccccc54)c32)cc1. The van der Waals surface area contributed by atoms with E-state index in [1.54, 1.807) is 0 Å². The van der Waals surface area contributed by atoms with Crippen LogP contribution in [0.5, 0.6) is 0 Å². The van der Waals surface area contributed by atoms with Crippen molar-refractivity contribution in [3.63, 3.8) is 0 Å². The first kappa shape index (κ1) is 18.3. The van der Waals surface area contributed by atoms with Crippen molar-refractivity contribution in [3.8, 4) is 11.4 Å². The van der Waals surface area contributed by atoms with Crippen LogP contribution < -0.4 is 0 Å². The lowest BCUT2D eigenvalue weighted by molar-refractivity contribution is 1.13. The van der Waals surface area contributed by atoms with Crippen LogP contribution in [0, 0.1) is 6.92 Å². The van der Waals surface area contributed by atoms with Crippen molar-refractivity contribution in [1.82, 2.24) is 9.13 Å². The third-order valence-electron chi connectivity index (χ3n) is 6.79. The molecule has 7 aromatic rings. The molecule has 2 nitrogen and oxygen atoms in total. The zero-order valence-electron chi connectivity index (χ0n) is 18.4. The van der Waals surface area contributed by atoms with Gasteiger partial charge in [0.25, 0.3) is 0 Å². The summed E-state index contributed by atoms with van der Waals surface area (Å²) >= 11 is 0. The highest BCUT2D eigenvalue weighted by atomic mass is 15.1. The molecule has 0 saturated carbocycles. The Hall–Kier alpha value is -4.30. The Morgan fingerprint density at radius 1 is 0.424 bits per heavy atom. The molecule has 0 radical (unpaired) electrons. The van der Waals surface area contributed by atoms with Crippen molar-refractivity contribution in [2.45, 2.75) is 6.92 Å². The number of aryl methyl sites for hydroxylation is 1. The van der Waals surface area contributed by atoms with Gasteiger partial charge in [0.1, 0.15) is 0 Å². The van der Waals surface area contributed by atoms with E-state index in [1.807, 2.05) is 0 Å². The summed E-state index contributed by atoms with van der Waals surface area (Å²) in [7, 11) is 0. The second-order valence-electron chi connectivity index (χ2n) is 8.73. The fourth-order valence-electron chi connectivity index (χ4n) is 5.33. The maximum atomic E-state index is 2.43. The van der Waals surface area contributed by atoms with Gasteiger partial charge in [0.05, 0.1) is 27.8 Å². The summed E-state index contributed by atoms with van der Waals surface area (Å²) in [6.45, 7) is 2.14. The van der Waals surface area contributed by atoms with Gasteiger partial charge in [-0.25, -0.2) is 0 Å². The quantitative estimate of drug-likeness (QED) is 0.266. The van der Waals surface area contributed by atoms with Crippen LogP contribution >= 0.6 is 0 Å². The minimum atomic E-state index is 1.18. The number of para-hydroxylation sites is 4. The number of hydrogen-bond donors (Lipinski definition) is 0. The molecule has 0 spiro atoms. The summed E-state index contributed by atoms with van der Waals surface area (Å²) in [5, 5.41) is 5.10.